The molecule has 0 spiro atoms. The summed E-state index contributed by atoms with van der Waals surface area (Å²) in [5.41, 5.74) is 0. The van der Waals surface area contributed by atoms with Crippen molar-refractivity contribution >= 4 is 33.2 Å². The molecule has 1 aromatic carbocycles. The third-order valence-corrected chi connectivity index (χ3v) is 5.11. The standard InChI is InChI=1S/C10H14Cl2N2O2S/c1-13-6-7-14(2)17(15,16)9-5-3-4-8(11)10(9)12/h3-5,13H,6-7H2,1-2H3. The lowest BCUT2D eigenvalue weighted by Gasteiger charge is -2.17. The average molecular weight is 297 g/mol. The van der Waals surface area contributed by atoms with Crippen LogP contribution in [0.15, 0.2) is 23.1 Å². The van der Waals surface area contributed by atoms with Crippen LogP contribution in [0.4, 0.5) is 0 Å². The number of sulfonamides is 1. The molecule has 96 valence electrons. The van der Waals surface area contributed by atoms with Gasteiger partial charge in [0.2, 0.25) is 10.0 Å². The summed E-state index contributed by atoms with van der Waals surface area (Å²) in [7, 11) is -0.327. The third-order valence-electron chi connectivity index (χ3n) is 2.28. The van der Waals surface area contributed by atoms with E-state index >= 15 is 0 Å². The molecule has 0 radical (unpaired) electrons. The van der Waals surface area contributed by atoms with Crippen LogP contribution < -0.4 is 5.32 Å². The minimum atomic E-state index is -3.59. The fourth-order valence-electron chi connectivity index (χ4n) is 1.24. The highest BCUT2D eigenvalue weighted by Crippen LogP contribution is 2.30. The molecule has 0 saturated carbocycles. The lowest BCUT2D eigenvalue weighted by Crippen LogP contribution is -2.33. The maximum Gasteiger partial charge on any atom is 0.244 e. The molecule has 1 N–H and O–H groups in total. The van der Waals surface area contributed by atoms with Gasteiger partial charge >= 0.3 is 0 Å². The van der Waals surface area contributed by atoms with E-state index in [1.165, 1.54) is 17.4 Å². The number of nitrogens with zero attached hydrogens (tertiary/aromatic N) is 1. The number of hydrogen-bond acceptors (Lipinski definition) is 3. The summed E-state index contributed by atoms with van der Waals surface area (Å²) in [6.07, 6.45) is 0. The highest BCUT2D eigenvalue weighted by Gasteiger charge is 2.23. The van der Waals surface area contributed by atoms with Crippen molar-refractivity contribution in [3.05, 3.63) is 28.2 Å². The number of hydrogen-bond donors (Lipinski definition) is 1. The zero-order valence-electron chi connectivity index (χ0n) is 9.57. The molecule has 0 aliphatic carbocycles. The molecule has 0 atom stereocenters. The molecule has 1 aromatic rings. The molecule has 0 heterocycles. The van der Waals surface area contributed by atoms with Crippen LogP contribution >= 0.6 is 23.2 Å². The normalized spacial score (nSPS) is 12.1. The molecular weight excluding hydrogens is 283 g/mol. The number of halogens is 2. The van der Waals surface area contributed by atoms with Gasteiger partial charge in [0.15, 0.2) is 0 Å². The van der Waals surface area contributed by atoms with Crippen molar-refractivity contribution in [2.24, 2.45) is 0 Å². The Morgan fingerprint density at radius 3 is 2.59 bits per heavy atom. The molecule has 17 heavy (non-hydrogen) atoms. The van der Waals surface area contributed by atoms with Crippen LogP contribution in [0.3, 0.4) is 0 Å². The van der Waals surface area contributed by atoms with Crippen LogP contribution in [0.5, 0.6) is 0 Å². The monoisotopic (exact) mass is 296 g/mol. The highest BCUT2D eigenvalue weighted by atomic mass is 35.5. The molecule has 4 nitrogen and oxygen atoms in total. The molecule has 0 unspecified atom stereocenters. The van der Waals surface area contributed by atoms with Crippen LogP contribution in [0.1, 0.15) is 0 Å². The van der Waals surface area contributed by atoms with E-state index in [-0.39, 0.29) is 14.9 Å². The molecule has 7 heteroatoms. The van der Waals surface area contributed by atoms with Gasteiger partial charge < -0.3 is 5.32 Å². The predicted octanol–water partition coefficient (Wildman–Crippen LogP) is 1.83. The number of likely N-dealkylation sites (N-methyl/N-ethyl adjacent to an activating group) is 2. The first kappa shape index (κ1) is 14.7. The van der Waals surface area contributed by atoms with E-state index in [1.54, 1.807) is 19.2 Å². The van der Waals surface area contributed by atoms with Crippen LogP contribution in [-0.4, -0.2) is 39.9 Å². The first-order valence-electron chi connectivity index (χ1n) is 4.96. The molecule has 0 aliphatic rings. The quantitative estimate of drug-likeness (QED) is 0.902. The van der Waals surface area contributed by atoms with Crippen molar-refractivity contribution in [3.63, 3.8) is 0 Å². The second-order valence-electron chi connectivity index (χ2n) is 3.48. The van der Waals surface area contributed by atoms with Crippen molar-refractivity contribution in [3.8, 4) is 0 Å². The van der Waals surface area contributed by atoms with Gasteiger partial charge in [0.25, 0.3) is 0 Å². The van der Waals surface area contributed by atoms with Crippen LogP contribution in [0.2, 0.25) is 10.0 Å². The fourth-order valence-corrected chi connectivity index (χ4v) is 3.14. The van der Waals surface area contributed by atoms with Gasteiger partial charge in [-0.25, -0.2) is 8.42 Å². The summed E-state index contributed by atoms with van der Waals surface area (Å²) in [6, 6.07) is 4.56. The highest BCUT2D eigenvalue weighted by molar-refractivity contribution is 7.89. The Hall–Kier alpha value is -0.330. The molecule has 0 saturated heterocycles. The van der Waals surface area contributed by atoms with Crippen molar-refractivity contribution in [1.82, 2.24) is 9.62 Å². The second-order valence-corrected chi connectivity index (χ2v) is 6.28. The Morgan fingerprint density at radius 1 is 1.35 bits per heavy atom. The molecule has 0 bridgehead atoms. The van der Waals surface area contributed by atoms with Gasteiger partial charge in [-0.3, -0.25) is 0 Å². The predicted molar refractivity (Wildman–Crippen MR) is 70.2 cm³/mol. The third kappa shape index (κ3) is 3.33. The van der Waals surface area contributed by atoms with E-state index < -0.39 is 10.0 Å². The summed E-state index contributed by atoms with van der Waals surface area (Å²) < 4.78 is 25.6. The van der Waals surface area contributed by atoms with Crippen molar-refractivity contribution in [2.45, 2.75) is 4.90 Å². The largest absolute Gasteiger partial charge is 0.318 e. The van der Waals surface area contributed by atoms with Gasteiger partial charge in [0.05, 0.1) is 10.0 Å². The Labute approximate surface area is 112 Å². The van der Waals surface area contributed by atoms with E-state index in [9.17, 15) is 8.42 Å². The summed E-state index contributed by atoms with van der Waals surface area (Å²) in [4.78, 5) is 0.0327. The number of nitrogens with one attached hydrogen (secondary N) is 1. The average Bonchev–Trinajstić information content (AvgIpc) is 2.29. The maximum absolute atomic E-state index is 12.2. The lowest BCUT2D eigenvalue weighted by atomic mass is 10.4. The van der Waals surface area contributed by atoms with Gasteiger partial charge in [0, 0.05) is 20.1 Å². The van der Waals surface area contributed by atoms with E-state index in [0.717, 1.165) is 0 Å². The number of benzene rings is 1. The first-order valence-corrected chi connectivity index (χ1v) is 7.16. The zero-order valence-corrected chi connectivity index (χ0v) is 11.9. The molecule has 0 aromatic heterocycles. The van der Waals surface area contributed by atoms with Gasteiger partial charge in [0.1, 0.15) is 4.90 Å². The summed E-state index contributed by atoms with van der Waals surface area (Å²) in [6.45, 7) is 0.926. The Morgan fingerprint density at radius 2 is 2.00 bits per heavy atom. The van der Waals surface area contributed by atoms with Crippen LogP contribution in [0, 0.1) is 0 Å². The van der Waals surface area contributed by atoms with Gasteiger partial charge in [-0.05, 0) is 19.2 Å². The first-order chi connectivity index (χ1) is 7.91. The summed E-state index contributed by atoms with van der Waals surface area (Å²) >= 11 is 11.7. The minimum Gasteiger partial charge on any atom is -0.318 e. The molecule has 0 fully saturated rings. The SMILES string of the molecule is CNCCN(C)S(=O)(=O)c1cccc(Cl)c1Cl. The topological polar surface area (TPSA) is 49.4 Å². The van der Waals surface area contributed by atoms with Gasteiger partial charge in [-0.15, -0.1) is 0 Å². The Bertz CT molecular complexity index is 491. The summed E-state index contributed by atoms with van der Waals surface area (Å²) in [5.74, 6) is 0. The maximum atomic E-state index is 12.2. The zero-order chi connectivity index (χ0) is 13.1. The van der Waals surface area contributed by atoms with Crippen molar-refractivity contribution in [2.75, 3.05) is 27.2 Å². The minimum absolute atomic E-state index is 0.0327. The van der Waals surface area contributed by atoms with E-state index in [1.807, 2.05) is 0 Å². The molecule has 1 rings (SSSR count). The van der Waals surface area contributed by atoms with Crippen LogP contribution in [0.25, 0.3) is 0 Å². The smallest absolute Gasteiger partial charge is 0.244 e. The van der Waals surface area contributed by atoms with Crippen molar-refractivity contribution < 1.29 is 8.42 Å². The molecule has 0 aliphatic heterocycles. The van der Waals surface area contributed by atoms with E-state index in [0.29, 0.717) is 13.1 Å². The molecular formula is C10H14Cl2N2O2S. The molecule has 0 amide bonds. The van der Waals surface area contributed by atoms with E-state index in [4.69, 9.17) is 23.2 Å². The second kappa shape index (κ2) is 6.02. The summed E-state index contributed by atoms with van der Waals surface area (Å²) in [5, 5.41) is 3.17. The van der Waals surface area contributed by atoms with E-state index in [2.05, 4.69) is 5.32 Å². The fraction of sp³-hybridized carbons (Fsp3) is 0.400. The Kier molecular flexibility index (Phi) is 5.22. The van der Waals surface area contributed by atoms with Gasteiger partial charge in [-0.1, -0.05) is 29.3 Å². The van der Waals surface area contributed by atoms with Gasteiger partial charge in [-0.2, -0.15) is 4.31 Å². The van der Waals surface area contributed by atoms with Crippen LogP contribution in [-0.2, 0) is 10.0 Å². The van der Waals surface area contributed by atoms with Crippen molar-refractivity contribution in [1.29, 1.82) is 0 Å². The Balaban J connectivity index is 3.09. The lowest BCUT2D eigenvalue weighted by molar-refractivity contribution is 0.466. The number of rotatable bonds is 5.